The summed E-state index contributed by atoms with van der Waals surface area (Å²) in [6.45, 7) is 8.08. The summed E-state index contributed by atoms with van der Waals surface area (Å²) in [5.41, 5.74) is 1.86. The number of carbonyl (C=O) groups excluding carboxylic acids is 1. The molecule has 1 aromatic carbocycles. The van der Waals surface area contributed by atoms with Crippen LogP contribution in [0.25, 0.3) is 11.0 Å². The van der Waals surface area contributed by atoms with Crippen LogP contribution in [0.4, 0.5) is 0 Å². The van der Waals surface area contributed by atoms with E-state index in [-0.39, 0.29) is 11.5 Å². The minimum atomic E-state index is -0.647. The second-order valence-electron chi connectivity index (χ2n) is 8.10. The monoisotopic (exact) mass is 415 g/mol. The number of piperidine rings is 1. The summed E-state index contributed by atoms with van der Waals surface area (Å²) < 4.78 is 22.9. The molecule has 2 aliphatic rings. The van der Waals surface area contributed by atoms with E-state index in [1.165, 1.54) is 0 Å². The van der Waals surface area contributed by atoms with Gasteiger partial charge < -0.3 is 23.5 Å². The van der Waals surface area contributed by atoms with E-state index >= 15 is 0 Å². The molecule has 3 heterocycles. The molecule has 0 N–H and O–H groups in total. The Kier molecular flexibility index (Phi) is 5.84. The molecule has 7 heteroatoms. The highest BCUT2D eigenvalue weighted by molar-refractivity contribution is 5.85. The number of nitrogens with zero attached hydrogens (tertiary/aromatic N) is 1. The molecule has 0 bridgehead atoms. The number of hydrogen-bond donors (Lipinski definition) is 0. The highest BCUT2D eigenvalue weighted by atomic mass is 16.7. The third kappa shape index (κ3) is 3.96. The van der Waals surface area contributed by atoms with E-state index in [1.807, 2.05) is 19.1 Å². The summed E-state index contributed by atoms with van der Waals surface area (Å²) in [6, 6.07) is 5.31. The van der Waals surface area contributed by atoms with Gasteiger partial charge in [-0.25, -0.2) is 4.79 Å². The van der Waals surface area contributed by atoms with Crippen LogP contribution in [0.1, 0.15) is 44.2 Å². The standard InChI is InChI=1S/C23H29NO6/c1-4-5-17-14-20(25)30-21-15(2)19(7-6-18(17)21)29-16(3)22(26)24-10-8-23(9-11-24)27-12-13-28-23/h6-7,14,16H,4-5,8-13H2,1-3H3. The second kappa shape index (κ2) is 8.40. The number of amides is 1. The van der Waals surface area contributed by atoms with Crippen LogP contribution in [0.15, 0.2) is 27.4 Å². The molecule has 0 saturated carbocycles. The SMILES string of the molecule is CCCc1cc(=O)oc2c(C)c(OC(C)C(=O)N3CCC4(CC3)OCCO4)ccc12. The lowest BCUT2D eigenvalue weighted by atomic mass is 10.0. The number of carbonyl (C=O) groups is 1. The van der Waals surface area contributed by atoms with Crippen LogP contribution in [0.2, 0.25) is 0 Å². The van der Waals surface area contributed by atoms with Crippen molar-refractivity contribution >= 4 is 16.9 Å². The average molecular weight is 415 g/mol. The van der Waals surface area contributed by atoms with Gasteiger partial charge in [0.25, 0.3) is 5.91 Å². The van der Waals surface area contributed by atoms with Crippen LogP contribution in [-0.4, -0.2) is 49.0 Å². The zero-order valence-electron chi connectivity index (χ0n) is 17.9. The maximum Gasteiger partial charge on any atom is 0.336 e. The molecule has 7 nitrogen and oxygen atoms in total. The molecule has 162 valence electrons. The maximum atomic E-state index is 12.9. The van der Waals surface area contributed by atoms with Crippen molar-refractivity contribution in [2.45, 2.75) is 58.3 Å². The lowest BCUT2D eigenvalue weighted by molar-refractivity contribution is -0.188. The van der Waals surface area contributed by atoms with Gasteiger partial charge in [0.2, 0.25) is 0 Å². The van der Waals surface area contributed by atoms with Crippen molar-refractivity contribution in [1.29, 1.82) is 0 Å². The Morgan fingerprint density at radius 2 is 1.93 bits per heavy atom. The highest BCUT2D eigenvalue weighted by Gasteiger charge is 2.41. The molecule has 2 aromatic rings. The van der Waals surface area contributed by atoms with Crippen molar-refractivity contribution in [3.63, 3.8) is 0 Å². The average Bonchev–Trinajstić information content (AvgIpc) is 3.18. The predicted octanol–water partition coefficient (Wildman–Crippen LogP) is 3.19. The second-order valence-corrected chi connectivity index (χ2v) is 8.10. The lowest BCUT2D eigenvalue weighted by Gasteiger charge is -2.38. The van der Waals surface area contributed by atoms with Crippen molar-refractivity contribution in [3.8, 4) is 5.75 Å². The van der Waals surface area contributed by atoms with E-state index in [0.29, 0.717) is 50.5 Å². The zero-order valence-corrected chi connectivity index (χ0v) is 17.9. The first-order valence-corrected chi connectivity index (χ1v) is 10.7. The van der Waals surface area contributed by atoms with E-state index in [2.05, 4.69) is 6.92 Å². The molecule has 30 heavy (non-hydrogen) atoms. The van der Waals surface area contributed by atoms with Crippen molar-refractivity contribution in [2.75, 3.05) is 26.3 Å². The highest BCUT2D eigenvalue weighted by Crippen LogP contribution is 2.32. The first-order valence-electron chi connectivity index (χ1n) is 10.7. The van der Waals surface area contributed by atoms with Crippen molar-refractivity contribution in [1.82, 2.24) is 4.90 Å². The summed E-state index contributed by atoms with van der Waals surface area (Å²) in [6.07, 6.45) is 2.44. The summed E-state index contributed by atoms with van der Waals surface area (Å²) in [7, 11) is 0. The third-order valence-electron chi connectivity index (χ3n) is 6.02. The largest absolute Gasteiger partial charge is 0.480 e. The molecule has 2 aliphatic heterocycles. The summed E-state index contributed by atoms with van der Waals surface area (Å²) in [4.78, 5) is 26.7. The first-order chi connectivity index (χ1) is 14.4. The first kappa shape index (κ1) is 20.9. The summed E-state index contributed by atoms with van der Waals surface area (Å²) >= 11 is 0. The van der Waals surface area contributed by atoms with E-state index in [1.54, 1.807) is 17.9 Å². The Labute approximate surface area is 175 Å². The van der Waals surface area contributed by atoms with Gasteiger partial charge in [-0.1, -0.05) is 13.3 Å². The van der Waals surface area contributed by atoms with Crippen LogP contribution in [0, 0.1) is 6.92 Å². The third-order valence-corrected chi connectivity index (χ3v) is 6.02. The van der Waals surface area contributed by atoms with E-state index in [0.717, 1.165) is 29.4 Å². The van der Waals surface area contributed by atoms with Gasteiger partial charge in [0.05, 0.1) is 13.2 Å². The molecule has 0 aliphatic carbocycles. The fourth-order valence-electron chi connectivity index (χ4n) is 4.36. The number of ether oxygens (including phenoxy) is 3. The molecule has 0 radical (unpaired) electrons. The molecule has 1 atom stereocenters. The molecule has 2 saturated heterocycles. The molecule has 1 amide bonds. The quantitative estimate of drug-likeness (QED) is 0.698. The van der Waals surface area contributed by atoms with Gasteiger partial charge in [0.15, 0.2) is 11.9 Å². The molecule has 2 fully saturated rings. The number of benzene rings is 1. The van der Waals surface area contributed by atoms with Gasteiger partial charge in [0, 0.05) is 42.9 Å². The van der Waals surface area contributed by atoms with Crippen molar-refractivity contribution in [2.24, 2.45) is 0 Å². The van der Waals surface area contributed by atoms with Gasteiger partial charge >= 0.3 is 5.63 Å². The fraction of sp³-hybridized carbons (Fsp3) is 0.565. The Morgan fingerprint density at radius 3 is 2.60 bits per heavy atom. The van der Waals surface area contributed by atoms with E-state index < -0.39 is 11.9 Å². The van der Waals surface area contributed by atoms with Gasteiger partial charge in [-0.2, -0.15) is 0 Å². The van der Waals surface area contributed by atoms with Crippen LogP contribution >= 0.6 is 0 Å². The fourth-order valence-corrected chi connectivity index (χ4v) is 4.36. The zero-order chi connectivity index (χ0) is 21.3. The van der Waals surface area contributed by atoms with Crippen molar-refractivity contribution < 1.29 is 23.4 Å². The number of fused-ring (bicyclic) bond motifs is 1. The van der Waals surface area contributed by atoms with Gasteiger partial charge in [0.1, 0.15) is 11.3 Å². The van der Waals surface area contributed by atoms with Gasteiger partial charge in [-0.15, -0.1) is 0 Å². The normalized spacial score (nSPS) is 19.4. The molecule has 4 rings (SSSR count). The van der Waals surface area contributed by atoms with E-state index in [9.17, 15) is 9.59 Å². The molecular formula is C23H29NO6. The molecular weight excluding hydrogens is 386 g/mol. The number of hydrogen-bond acceptors (Lipinski definition) is 6. The Bertz CT molecular complexity index is 981. The van der Waals surface area contributed by atoms with Crippen LogP contribution in [0.5, 0.6) is 5.75 Å². The van der Waals surface area contributed by atoms with Crippen LogP contribution in [-0.2, 0) is 20.7 Å². The van der Waals surface area contributed by atoms with E-state index in [4.69, 9.17) is 18.6 Å². The topological polar surface area (TPSA) is 78.2 Å². The number of rotatable bonds is 5. The van der Waals surface area contributed by atoms with Crippen molar-refractivity contribution in [3.05, 3.63) is 39.7 Å². The molecule has 1 aromatic heterocycles. The van der Waals surface area contributed by atoms with Gasteiger partial charge in [-0.05, 0) is 38.0 Å². The summed E-state index contributed by atoms with van der Waals surface area (Å²) in [5.74, 6) is -0.0246. The minimum Gasteiger partial charge on any atom is -0.480 e. The van der Waals surface area contributed by atoms with Crippen LogP contribution in [0.3, 0.4) is 0 Å². The molecule has 1 unspecified atom stereocenters. The number of aryl methyl sites for hydroxylation is 2. The maximum absolute atomic E-state index is 12.9. The summed E-state index contributed by atoms with van der Waals surface area (Å²) in [5, 5.41) is 0.915. The van der Waals surface area contributed by atoms with Crippen LogP contribution < -0.4 is 10.4 Å². The van der Waals surface area contributed by atoms with Gasteiger partial charge in [-0.3, -0.25) is 4.79 Å². The number of likely N-dealkylation sites (tertiary alicyclic amines) is 1. The Balaban J connectivity index is 1.49. The Hall–Kier alpha value is -2.38. The lowest BCUT2D eigenvalue weighted by Crippen LogP contribution is -2.50. The predicted molar refractivity (Wildman–Crippen MR) is 112 cm³/mol. The Morgan fingerprint density at radius 1 is 1.23 bits per heavy atom. The smallest absolute Gasteiger partial charge is 0.336 e. The minimum absolute atomic E-state index is 0.0662. The molecule has 1 spiro atoms.